The van der Waals surface area contributed by atoms with Gasteiger partial charge in [0, 0.05) is 29.9 Å². The van der Waals surface area contributed by atoms with E-state index in [-0.39, 0.29) is 0 Å². The summed E-state index contributed by atoms with van der Waals surface area (Å²) in [4.78, 5) is 4.15. The fourth-order valence-electron chi connectivity index (χ4n) is 1.87. The average molecular weight is 258 g/mol. The van der Waals surface area contributed by atoms with E-state index >= 15 is 0 Å². The van der Waals surface area contributed by atoms with E-state index in [0.717, 1.165) is 5.75 Å². The normalized spacial score (nSPS) is 12.3. The second-order valence-electron chi connectivity index (χ2n) is 4.31. The van der Waals surface area contributed by atoms with Gasteiger partial charge in [0.25, 0.3) is 0 Å². The molecule has 0 fully saturated rings. The minimum absolute atomic E-state index is 0.319. The molecule has 0 saturated heterocycles. The van der Waals surface area contributed by atoms with Crippen LogP contribution in [0.4, 0.5) is 0 Å². The Kier molecular flexibility index (Phi) is 4.79. The molecule has 0 aliphatic rings. The zero-order chi connectivity index (χ0) is 12.8. The van der Waals surface area contributed by atoms with Gasteiger partial charge in [0.15, 0.2) is 0 Å². The first-order valence-corrected chi connectivity index (χ1v) is 7.11. The minimum atomic E-state index is 0.319. The van der Waals surface area contributed by atoms with Crippen molar-refractivity contribution in [1.82, 2.24) is 4.98 Å². The number of aromatic nitrogens is 1. The van der Waals surface area contributed by atoms with Crippen molar-refractivity contribution in [3.8, 4) is 0 Å². The van der Waals surface area contributed by atoms with Gasteiger partial charge in [-0.3, -0.25) is 4.98 Å². The van der Waals surface area contributed by atoms with Gasteiger partial charge in [-0.1, -0.05) is 35.9 Å². The van der Waals surface area contributed by atoms with Gasteiger partial charge in [0.1, 0.15) is 0 Å². The molecule has 0 aliphatic carbocycles. The molecule has 0 radical (unpaired) electrons. The summed E-state index contributed by atoms with van der Waals surface area (Å²) in [5.74, 6) is 0.985. The van der Waals surface area contributed by atoms with E-state index < -0.39 is 0 Å². The molecule has 1 atom stereocenters. The number of thioether (sulfide) groups is 1. The first-order valence-electron chi connectivity index (χ1n) is 6.06. The van der Waals surface area contributed by atoms with Crippen LogP contribution in [0.1, 0.15) is 21.9 Å². The Morgan fingerprint density at radius 2 is 2.17 bits per heavy atom. The number of nitrogens with zero attached hydrogens (tertiary/aromatic N) is 1. The van der Waals surface area contributed by atoms with Gasteiger partial charge >= 0.3 is 0 Å². The summed E-state index contributed by atoms with van der Waals surface area (Å²) in [5.41, 5.74) is 9.71. The summed E-state index contributed by atoms with van der Waals surface area (Å²) in [6.45, 7) is 2.76. The van der Waals surface area contributed by atoms with E-state index in [0.29, 0.717) is 11.8 Å². The van der Waals surface area contributed by atoms with Crippen LogP contribution in [0.2, 0.25) is 0 Å². The Labute approximate surface area is 113 Å². The van der Waals surface area contributed by atoms with Crippen LogP contribution in [-0.4, -0.2) is 11.5 Å². The van der Waals surface area contributed by atoms with E-state index in [4.69, 9.17) is 5.73 Å². The molecule has 94 valence electrons. The number of hydrogen-bond acceptors (Lipinski definition) is 3. The molecule has 0 saturated carbocycles. The van der Waals surface area contributed by atoms with Gasteiger partial charge in [-0.05, 0) is 24.1 Å². The van der Waals surface area contributed by atoms with Crippen LogP contribution in [0.3, 0.4) is 0 Å². The van der Waals surface area contributed by atoms with Crippen LogP contribution in [0.25, 0.3) is 0 Å². The van der Waals surface area contributed by atoms with Crippen LogP contribution >= 0.6 is 11.8 Å². The molecular formula is C15H18N2S. The highest BCUT2D eigenvalue weighted by Crippen LogP contribution is 2.30. The number of aryl methyl sites for hydroxylation is 1. The topological polar surface area (TPSA) is 38.9 Å². The smallest absolute Gasteiger partial charge is 0.0438 e. The zero-order valence-electron chi connectivity index (χ0n) is 10.5. The maximum Gasteiger partial charge on any atom is 0.0438 e. The Hall–Kier alpha value is -1.32. The van der Waals surface area contributed by atoms with E-state index in [1.54, 1.807) is 6.20 Å². The van der Waals surface area contributed by atoms with Crippen molar-refractivity contribution >= 4 is 11.8 Å². The van der Waals surface area contributed by atoms with Gasteiger partial charge in [-0.15, -0.1) is 11.8 Å². The predicted octanol–water partition coefficient (Wildman–Crippen LogP) is 3.32. The van der Waals surface area contributed by atoms with Gasteiger partial charge in [-0.2, -0.15) is 0 Å². The number of rotatable bonds is 5. The second-order valence-corrected chi connectivity index (χ2v) is 5.50. The number of pyridine rings is 1. The Morgan fingerprint density at radius 3 is 2.83 bits per heavy atom. The van der Waals surface area contributed by atoms with Gasteiger partial charge in [0.05, 0.1) is 0 Å². The van der Waals surface area contributed by atoms with Crippen molar-refractivity contribution in [1.29, 1.82) is 0 Å². The highest BCUT2D eigenvalue weighted by Gasteiger charge is 2.10. The van der Waals surface area contributed by atoms with E-state index in [1.807, 2.05) is 24.0 Å². The predicted molar refractivity (Wildman–Crippen MR) is 78.5 cm³/mol. The first kappa shape index (κ1) is 13.1. The van der Waals surface area contributed by atoms with Crippen LogP contribution < -0.4 is 5.73 Å². The second kappa shape index (κ2) is 6.57. The van der Waals surface area contributed by atoms with Crippen molar-refractivity contribution in [3.63, 3.8) is 0 Å². The molecule has 1 aromatic heterocycles. The molecule has 0 spiro atoms. The molecule has 1 unspecified atom stereocenters. The quantitative estimate of drug-likeness (QED) is 0.894. The maximum absolute atomic E-state index is 5.85. The monoisotopic (exact) mass is 258 g/mol. The standard InChI is InChI=1S/C15H18N2S/c1-12-4-2-5-13(8-12)11-18-15(9-16)14-6-3-7-17-10-14/h2-8,10,15H,9,11,16H2,1H3. The molecular weight excluding hydrogens is 240 g/mol. The highest BCUT2D eigenvalue weighted by atomic mass is 32.2. The molecule has 0 amide bonds. The third-order valence-electron chi connectivity index (χ3n) is 2.80. The number of nitrogens with two attached hydrogens (primary N) is 1. The maximum atomic E-state index is 5.85. The Bertz CT molecular complexity index is 485. The molecule has 18 heavy (non-hydrogen) atoms. The van der Waals surface area contributed by atoms with E-state index in [9.17, 15) is 0 Å². The van der Waals surface area contributed by atoms with E-state index in [2.05, 4.69) is 42.2 Å². The van der Waals surface area contributed by atoms with Gasteiger partial charge in [0.2, 0.25) is 0 Å². The molecule has 3 heteroatoms. The van der Waals surface area contributed by atoms with Crippen LogP contribution in [0.15, 0.2) is 48.8 Å². The minimum Gasteiger partial charge on any atom is -0.329 e. The van der Waals surface area contributed by atoms with Crippen molar-refractivity contribution in [2.45, 2.75) is 17.9 Å². The highest BCUT2D eigenvalue weighted by molar-refractivity contribution is 7.98. The molecule has 1 aromatic carbocycles. The lowest BCUT2D eigenvalue weighted by Gasteiger charge is -2.14. The lowest BCUT2D eigenvalue weighted by molar-refractivity contribution is 0.931. The SMILES string of the molecule is Cc1cccc(CSC(CN)c2cccnc2)c1. The van der Waals surface area contributed by atoms with Crippen molar-refractivity contribution in [3.05, 3.63) is 65.5 Å². The zero-order valence-corrected chi connectivity index (χ0v) is 11.4. The molecule has 2 aromatic rings. The average Bonchev–Trinajstić information content (AvgIpc) is 2.41. The van der Waals surface area contributed by atoms with E-state index in [1.165, 1.54) is 16.7 Å². The Morgan fingerprint density at radius 1 is 1.28 bits per heavy atom. The Balaban J connectivity index is 2.00. The molecule has 2 N–H and O–H groups in total. The third kappa shape index (κ3) is 3.59. The van der Waals surface area contributed by atoms with Gasteiger partial charge in [-0.25, -0.2) is 0 Å². The van der Waals surface area contributed by atoms with Crippen LogP contribution in [0.5, 0.6) is 0 Å². The molecule has 2 nitrogen and oxygen atoms in total. The van der Waals surface area contributed by atoms with Crippen molar-refractivity contribution < 1.29 is 0 Å². The van der Waals surface area contributed by atoms with Crippen molar-refractivity contribution in [2.24, 2.45) is 5.73 Å². The van der Waals surface area contributed by atoms with Crippen LogP contribution in [-0.2, 0) is 5.75 Å². The summed E-state index contributed by atoms with van der Waals surface area (Å²) in [7, 11) is 0. The third-order valence-corrected chi connectivity index (χ3v) is 4.17. The number of hydrogen-bond donors (Lipinski definition) is 1. The summed E-state index contributed by atoms with van der Waals surface area (Å²) in [6.07, 6.45) is 3.70. The molecule has 2 rings (SSSR count). The first-order chi connectivity index (χ1) is 8.79. The summed E-state index contributed by atoms with van der Waals surface area (Å²) < 4.78 is 0. The summed E-state index contributed by atoms with van der Waals surface area (Å²) in [6, 6.07) is 12.7. The van der Waals surface area contributed by atoms with Crippen molar-refractivity contribution in [2.75, 3.05) is 6.54 Å². The lowest BCUT2D eigenvalue weighted by atomic mass is 10.2. The number of benzene rings is 1. The summed E-state index contributed by atoms with van der Waals surface area (Å²) >= 11 is 1.87. The largest absolute Gasteiger partial charge is 0.329 e. The lowest BCUT2D eigenvalue weighted by Crippen LogP contribution is -2.09. The molecule has 0 bridgehead atoms. The van der Waals surface area contributed by atoms with Gasteiger partial charge < -0.3 is 5.73 Å². The van der Waals surface area contributed by atoms with Crippen LogP contribution in [0, 0.1) is 6.92 Å². The molecule has 0 aliphatic heterocycles. The molecule has 1 heterocycles. The fraction of sp³-hybridized carbons (Fsp3) is 0.267. The fourth-order valence-corrected chi connectivity index (χ4v) is 2.91. The summed E-state index contributed by atoms with van der Waals surface area (Å²) in [5, 5.41) is 0.319.